The number of sulfonamides is 1. The first-order valence-electron chi connectivity index (χ1n) is 13.5. The molecule has 1 saturated carbocycles. The van der Waals surface area contributed by atoms with Crippen LogP contribution in [-0.2, 0) is 27.4 Å². The molecule has 0 atom stereocenters. The minimum Gasteiger partial charge on any atom is -0.381 e. The molecular weight excluding hydrogens is 570 g/mol. The molecule has 2 N–H and O–H groups in total. The van der Waals surface area contributed by atoms with Crippen LogP contribution in [0.3, 0.4) is 0 Å². The van der Waals surface area contributed by atoms with Gasteiger partial charge in [-0.15, -0.1) is 11.3 Å². The molecule has 2 aromatic rings. The maximum absolute atomic E-state index is 15.6. The van der Waals surface area contributed by atoms with Gasteiger partial charge in [0.05, 0.1) is 21.0 Å². The number of thiazole rings is 1. The molecule has 40 heavy (non-hydrogen) atoms. The highest BCUT2D eigenvalue weighted by Crippen LogP contribution is 2.42. The van der Waals surface area contributed by atoms with E-state index >= 15 is 4.39 Å². The third kappa shape index (κ3) is 7.59. The third-order valence-corrected chi connectivity index (χ3v) is 9.93. The van der Waals surface area contributed by atoms with E-state index < -0.39 is 49.5 Å². The molecule has 7 nitrogen and oxygen atoms in total. The van der Waals surface area contributed by atoms with Gasteiger partial charge in [-0.05, 0) is 58.1 Å². The number of carbonyl (C=O) groups excluding carboxylic acids is 1. The smallest absolute Gasteiger partial charge is 0.381 e. The fourth-order valence-electron chi connectivity index (χ4n) is 5.18. The van der Waals surface area contributed by atoms with Crippen LogP contribution in [0.15, 0.2) is 17.0 Å². The first-order valence-corrected chi connectivity index (χ1v) is 15.8. The first kappa shape index (κ1) is 30.9. The Morgan fingerprint density at radius 2 is 1.73 bits per heavy atom. The average molecular weight is 606 g/mol. The molecule has 0 unspecified atom stereocenters. The molecule has 13 heteroatoms. The fraction of sp³-hybridized carbons (Fsp3) is 0.630. The Labute approximate surface area is 236 Å². The van der Waals surface area contributed by atoms with Gasteiger partial charge in [0.25, 0.3) is 5.91 Å². The molecular formula is C27H35F4N3O4S2. The van der Waals surface area contributed by atoms with Crippen molar-refractivity contribution in [2.45, 2.75) is 94.8 Å². The molecule has 1 aliphatic heterocycles. The van der Waals surface area contributed by atoms with Gasteiger partial charge in [0.15, 0.2) is 5.01 Å². The zero-order valence-electron chi connectivity index (χ0n) is 22.8. The molecule has 1 aromatic heterocycles. The van der Waals surface area contributed by atoms with Crippen LogP contribution >= 0.6 is 11.3 Å². The zero-order valence-corrected chi connectivity index (χ0v) is 24.4. The summed E-state index contributed by atoms with van der Waals surface area (Å²) >= 11 is 0.828. The van der Waals surface area contributed by atoms with Crippen LogP contribution in [-0.4, -0.2) is 44.1 Å². The number of halogens is 4. The van der Waals surface area contributed by atoms with E-state index in [2.05, 4.69) is 15.0 Å². The van der Waals surface area contributed by atoms with Crippen molar-refractivity contribution in [3.8, 4) is 10.4 Å². The molecule has 0 radical (unpaired) electrons. The van der Waals surface area contributed by atoms with Gasteiger partial charge in [0.1, 0.15) is 5.82 Å². The van der Waals surface area contributed by atoms with Gasteiger partial charge in [-0.25, -0.2) is 22.5 Å². The summed E-state index contributed by atoms with van der Waals surface area (Å²) in [6.45, 7) is 5.44. The van der Waals surface area contributed by atoms with Gasteiger partial charge < -0.3 is 10.1 Å². The number of carbonyl (C=O) groups is 1. The predicted octanol–water partition coefficient (Wildman–Crippen LogP) is 6.08. The molecule has 2 fully saturated rings. The average Bonchev–Trinajstić information content (AvgIpc) is 3.26. The van der Waals surface area contributed by atoms with Crippen LogP contribution in [0.4, 0.5) is 17.6 Å². The Hall–Kier alpha value is -2.09. The van der Waals surface area contributed by atoms with Crippen molar-refractivity contribution in [3.63, 3.8) is 0 Å². The minimum atomic E-state index is -5.08. The number of hydrogen-bond donors (Lipinski definition) is 2. The summed E-state index contributed by atoms with van der Waals surface area (Å²) < 4.78 is 91.5. The maximum atomic E-state index is 15.6. The Morgan fingerprint density at radius 3 is 2.33 bits per heavy atom. The number of amides is 1. The van der Waals surface area contributed by atoms with Gasteiger partial charge in [0, 0.05) is 30.4 Å². The summed E-state index contributed by atoms with van der Waals surface area (Å²) in [4.78, 5) is 16.5. The molecule has 0 bridgehead atoms. The van der Waals surface area contributed by atoms with E-state index in [1.54, 1.807) is 0 Å². The van der Waals surface area contributed by atoms with E-state index in [9.17, 15) is 26.4 Å². The number of rotatable bonds is 7. The van der Waals surface area contributed by atoms with Crippen molar-refractivity contribution in [2.75, 3.05) is 13.2 Å². The van der Waals surface area contributed by atoms with E-state index in [1.165, 1.54) is 20.8 Å². The van der Waals surface area contributed by atoms with Crippen LogP contribution in [0.2, 0.25) is 0 Å². The predicted molar refractivity (Wildman–Crippen MR) is 144 cm³/mol. The molecule has 0 spiro atoms. The van der Waals surface area contributed by atoms with Crippen molar-refractivity contribution in [1.29, 1.82) is 0 Å². The standard InChI is InChI=1S/C27H35F4N3O4S2/c1-26(2,3)34-40(36,37)22-15-20(28)18(14-19(22)27(29,30)31)23-21(13-16-7-5-4-6-8-16)33-25(39-23)24(35)32-17-9-11-38-12-10-17/h14-17,34H,4-13H2,1-3H3,(H,32,35). The Kier molecular flexibility index (Phi) is 9.28. The van der Waals surface area contributed by atoms with Crippen LogP contribution in [0.25, 0.3) is 10.4 Å². The van der Waals surface area contributed by atoms with Crippen LogP contribution in [0.5, 0.6) is 0 Å². The minimum absolute atomic E-state index is 0.0337. The second-order valence-electron chi connectivity index (χ2n) is 11.5. The van der Waals surface area contributed by atoms with Crippen molar-refractivity contribution >= 4 is 27.3 Å². The Balaban J connectivity index is 1.79. The molecule has 1 aromatic carbocycles. The van der Waals surface area contributed by atoms with E-state index in [0.29, 0.717) is 50.3 Å². The van der Waals surface area contributed by atoms with E-state index in [-0.39, 0.29) is 21.8 Å². The summed E-state index contributed by atoms with van der Waals surface area (Å²) in [5.74, 6) is -1.40. The molecule has 222 valence electrons. The highest BCUT2D eigenvalue weighted by atomic mass is 32.2. The summed E-state index contributed by atoms with van der Waals surface area (Å²) in [5, 5.41) is 2.93. The first-order chi connectivity index (χ1) is 18.6. The number of nitrogens with zero attached hydrogens (tertiary/aromatic N) is 1. The lowest BCUT2D eigenvalue weighted by atomic mass is 9.85. The van der Waals surface area contributed by atoms with Crippen molar-refractivity contribution in [1.82, 2.24) is 15.0 Å². The molecule has 1 saturated heterocycles. The van der Waals surface area contributed by atoms with Crippen LogP contribution in [0.1, 0.15) is 86.8 Å². The van der Waals surface area contributed by atoms with Gasteiger partial charge in [-0.2, -0.15) is 13.2 Å². The van der Waals surface area contributed by atoms with E-state index in [0.717, 1.165) is 43.4 Å². The Bertz CT molecular complexity index is 1320. The number of aromatic nitrogens is 1. The SMILES string of the molecule is CC(C)(C)NS(=O)(=O)c1cc(F)c(-c2sc(C(=O)NC3CCOCC3)nc2CC2CCCCC2)cc1C(F)(F)F. The van der Waals surface area contributed by atoms with Gasteiger partial charge in [-0.3, -0.25) is 4.79 Å². The lowest BCUT2D eigenvalue weighted by Crippen LogP contribution is -2.41. The highest BCUT2D eigenvalue weighted by molar-refractivity contribution is 7.89. The lowest BCUT2D eigenvalue weighted by Gasteiger charge is -2.23. The fourth-order valence-corrected chi connectivity index (χ4v) is 7.84. The van der Waals surface area contributed by atoms with E-state index in [1.807, 2.05) is 0 Å². The number of nitrogens with one attached hydrogen (secondary N) is 2. The second kappa shape index (κ2) is 12.0. The van der Waals surface area contributed by atoms with E-state index in [4.69, 9.17) is 4.74 Å². The number of ether oxygens (including phenoxy) is 1. The van der Waals surface area contributed by atoms with Gasteiger partial charge >= 0.3 is 6.18 Å². The van der Waals surface area contributed by atoms with Crippen LogP contribution < -0.4 is 10.0 Å². The summed E-state index contributed by atoms with van der Waals surface area (Å²) in [6.07, 6.45) is 1.51. The number of hydrogen-bond acceptors (Lipinski definition) is 6. The summed E-state index contributed by atoms with van der Waals surface area (Å²) in [5.41, 5.74) is -2.64. The van der Waals surface area contributed by atoms with Crippen LogP contribution in [0, 0.1) is 11.7 Å². The zero-order chi connectivity index (χ0) is 29.3. The second-order valence-corrected chi connectivity index (χ2v) is 14.2. The largest absolute Gasteiger partial charge is 0.417 e. The number of alkyl halides is 3. The third-order valence-electron chi connectivity index (χ3n) is 7.00. The van der Waals surface area contributed by atoms with Crippen molar-refractivity contribution in [2.24, 2.45) is 5.92 Å². The quantitative estimate of drug-likeness (QED) is 0.373. The maximum Gasteiger partial charge on any atom is 0.417 e. The normalized spacial score (nSPS) is 18.2. The van der Waals surface area contributed by atoms with Crippen molar-refractivity contribution < 1.29 is 35.5 Å². The highest BCUT2D eigenvalue weighted by Gasteiger charge is 2.40. The number of benzene rings is 1. The molecule has 2 aliphatic rings. The molecule has 2 heterocycles. The lowest BCUT2D eigenvalue weighted by molar-refractivity contribution is -0.139. The van der Waals surface area contributed by atoms with Crippen molar-refractivity contribution in [3.05, 3.63) is 34.2 Å². The molecule has 1 aliphatic carbocycles. The van der Waals surface area contributed by atoms with Gasteiger partial charge in [0.2, 0.25) is 10.0 Å². The van der Waals surface area contributed by atoms with Gasteiger partial charge in [-0.1, -0.05) is 32.1 Å². The topological polar surface area (TPSA) is 97.4 Å². The summed E-state index contributed by atoms with van der Waals surface area (Å²) in [7, 11) is -4.71. The Morgan fingerprint density at radius 1 is 1.07 bits per heavy atom. The monoisotopic (exact) mass is 605 g/mol. The summed E-state index contributed by atoms with van der Waals surface area (Å²) in [6, 6.07) is 0.826. The molecule has 4 rings (SSSR count). The molecule has 1 amide bonds.